The molecule has 2 N–H and O–H groups in total. The molecular weight excluding hydrogens is 320 g/mol. The summed E-state index contributed by atoms with van der Waals surface area (Å²) < 4.78 is 26.8. The van der Waals surface area contributed by atoms with E-state index in [0.717, 1.165) is 28.8 Å². The predicted octanol–water partition coefficient (Wildman–Crippen LogP) is 4.76. The number of nitriles is 1. The summed E-state index contributed by atoms with van der Waals surface area (Å²) in [6, 6.07) is 13.0. The van der Waals surface area contributed by atoms with Gasteiger partial charge in [0.05, 0.1) is 5.69 Å². The molecule has 124 valence electrons. The maximum Gasteiger partial charge on any atom is 0.159 e. The number of benzene rings is 2. The highest BCUT2D eigenvalue weighted by atomic mass is 19.2. The third-order valence-corrected chi connectivity index (χ3v) is 4.19. The van der Waals surface area contributed by atoms with Crippen LogP contribution in [0.15, 0.2) is 42.5 Å². The zero-order valence-electron chi connectivity index (χ0n) is 13.8. The molecule has 1 heterocycles. The van der Waals surface area contributed by atoms with Crippen molar-refractivity contribution in [2.24, 2.45) is 0 Å². The Balaban J connectivity index is 2.24. The van der Waals surface area contributed by atoms with Crippen molar-refractivity contribution in [2.75, 3.05) is 5.73 Å². The van der Waals surface area contributed by atoms with Crippen molar-refractivity contribution in [1.29, 1.82) is 5.26 Å². The third-order valence-electron chi connectivity index (χ3n) is 4.19. The standard InChI is InChI=1S/C20H15F2N3/c1-11-3-4-14(7-12(11)2)19-9-15(16(10-23)20(24)25-19)13-5-6-17(21)18(22)8-13/h3-9H,1-2H3,(H2,24,25). The summed E-state index contributed by atoms with van der Waals surface area (Å²) in [6.07, 6.45) is 0. The Bertz CT molecular complexity index is 1020. The molecule has 0 aliphatic heterocycles. The first-order chi connectivity index (χ1) is 11.9. The van der Waals surface area contributed by atoms with Crippen LogP contribution < -0.4 is 5.73 Å². The first kappa shape index (κ1) is 16.6. The van der Waals surface area contributed by atoms with Crippen LogP contribution in [0, 0.1) is 36.8 Å². The van der Waals surface area contributed by atoms with Crippen LogP contribution in [0.3, 0.4) is 0 Å². The average Bonchev–Trinajstić information content (AvgIpc) is 2.59. The number of hydrogen-bond acceptors (Lipinski definition) is 3. The molecule has 25 heavy (non-hydrogen) atoms. The van der Waals surface area contributed by atoms with E-state index in [0.29, 0.717) is 16.8 Å². The number of nitrogens with two attached hydrogens (primary N) is 1. The molecule has 0 saturated heterocycles. The van der Waals surface area contributed by atoms with Crippen molar-refractivity contribution in [3.8, 4) is 28.5 Å². The quantitative estimate of drug-likeness (QED) is 0.734. The minimum absolute atomic E-state index is 0.0537. The van der Waals surface area contributed by atoms with E-state index in [9.17, 15) is 14.0 Å². The van der Waals surface area contributed by atoms with E-state index in [2.05, 4.69) is 4.98 Å². The Morgan fingerprint density at radius 1 is 0.920 bits per heavy atom. The van der Waals surface area contributed by atoms with Gasteiger partial charge in [-0.3, -0.25) is 0 Å². The molecule has 0 atom stereocenters. The zero-order valence-corrected chi connectivity index (χ0v) is 13.8. The van der Waals surface area contributed by atoms with Gasteiger partial charge >= 0.3 is 0 Å². The molecule has 0 aliphatic carbocycles. The lowest BCUT2D eigenvalue weighted by Crippen LogP contribution is -2.00. The van der Waals surface area contributed by atoms with Gasteiger partial charge in [0.2, 0.25) is 0 Å². The van der Waals surface area contributed by atoms with Gasteiger partial charge in [-0.05, 0) is 54.8 Å². The normalized spacial score (nSPS) is 10.5. The van der Waals surface area contributed by atoms with Gasteiger partial charge in [0.15, 0.2) is 11.6 Å². The lowest BCUT2D eigenvalue weighted by molar-refractivity contribution is 0.509. The molecule has 0 bridgehead atoms. The summed E-state index contributed by atoms with van der Waals surface area (Å²) in [5, 5.41) is 9.39. The Labute approximate surface area is 144 Å². The largest absolute Gasteiger partial charge is 0.383 e. The zero-order chi connectivity index (χ0) is 18.1. The first-order valence-electron chi connectivity index (χ1n) is 7.64. The number of rotatable bonds is 2. The minimum Gasteiger partial charge on any atom is -0.383 e. The predicted molar refractivity (Wildman–Crippen MR) is 93.6 cm³/mol. The van der Waals surface area contributed by atoms with Gasteiger partial charge in [0, 0.05) is 11.1 Å². The molecule has 0 amide bonds. The maximum atomic E-state index is 13.6. The Hall–Kier alpha value is -3.26. The van der Waals surface area contributed by atoms with Crippen LogP contribution in [0.25, 0.3) is 22.4 Å². The summed E-state index contributed by atoms with van der Waals surface area (Å²) in [6.45, 7) is 3.99. The van der Waals surface area contributed by atoms with Gasteiger partial charge in [-0.1, -0.05) is 18.2 Å². The van der Waals surface area contributed by atoms with Gasteiger partial charge in [-0.2, -0.15) is 5.26 Å². The first-order valence-corrected chi connectivity index (χ1v) is 7.64. The van der Waals surface area contributed by atoms with E-state index in [1.165, 1.54) is 6.07 Å². The third kappa shape index (κ3) is 3.07. The summed E-state index contributed by atoms with van der Waals surface area (Å²) in [5.74, 6) is -1.87. The number of hydrogen-bond donors (Lipinski definition) is 1. The van der Waals surface area contributed by atoms with Gasteiger partial charge in [0.25, 0.3) is 0 Å². The SMILES string of the molecule is Cc1ccc(-c2cc(-c3ccc(F)c(F)c3)c(C#N)c(N)n2)cc1C. The molecule has 0 radical (unpaired) electrons. The molecule has 3 nitrogen and oxygen atoms in total. The van der Waals surface area contributed by atoms with Crippen LogP contribution in [0.4, 0.5) is 14.6 Å². The molecule has 0 saturated carbocycles. The smallest absolute Gasteiger partial charge is 0.159 e. The molecule has 0 fully saturated rings. The van der Waals surface area contributed by atoms with Gasteiger partial charge in [-0.25, -0.2) is 13.8 Å². The second kappa shape index (κ2) is 6.33. The van der Waals surface area contributed by atoms with E-state index in [-0.39, 0.29) is 11.4 Å². The molecule has 3 aromatic rings. The Kier molecular flexibility index (Phi) is 4.20. The van der Waals surface area contributed by atoms with Crippen LogP contribution in [0.1, 0.15) is 16.7 Å². The summed E-state index contributed by atoms with van der Waals surface area (Å²) >= 11 is 0. The van der Waals surface area contributed by atoms with Crippen molar-refractivity contribution in [3.63, 3.8) is 0 Å². The fraction of sp³-hybridized carbons (Fsp3) is 0.100. The van der Waals surface area contributed by atoms with Gasteiger partial charge < -0.3 is 5.73 Å². The summed E-state index contributed by atoms with van der Waals surface area (Å²) in [7, 11) is 0. The fourth-order valence-electron chi connectivity index (χ4n) is 2.62. The molecule has 1 aromatic heterocycles. The molecular formula is C20H15F2N3. The summed E-state index contributed by atoms with van der Waals surface area (Å²) in [4.78, 5) is 4.30. The lowest BCUT2D eigenvalue weighted by Gasteiger charge is -2.11. The highest BCUT2D eigenvalue weighted by Crippen LogP contribution is 2.32. The number of aryl methyl sites for hydroxylation is 2. The second-order valence-electron chi connectivity index (χ2n) is 5.86. The highest BCUT2D eigenvalue weighted by molar-refractivity contribution is 5.80. The number of nitrogens with zero attached hydrogens (tertiary/aromatic N) is 2. The number of nitrogen functional groups attached to an aromatic ring is 1. The molecule has 2 aromatic carbocycles. The van der Waals surface area contributed by atoms with Crippen LogP contribution in [0.2, 0.25) is 0 Å². The van der Waals surface area contributed by atoms with Crippen LogP contribution in [-0.2, 0) is 0 Å². The molecule has 0 unspecified atom stereocenters. The topological polar surface area (TPSA) is 62.7 Å². The monoisotopic (exact) mass is 335 g/mol. The number of halogens is 2. The van der Waals surface area contributed by atoms with E-state index in [1.807, 2.05) is 38.1 Å². The van der Waals surface area contributed by atoms with Crippen molar-refractivity contribution in [1.82, 2.24) is 4.98 Å². The minimum atomic E-state index is -0.982. The van der Waals surface area contributed by atoms with Crippen LogP contribution >= 0.6 is 0 Å². The van der Waals surface area contributed by atoms with Crippen LogP contribution in [0.5, 0.6) is 0 Å². The van der Waals surface area contributed by atoms with E-state index >= 15 is 0 Å². The fourth-order valence-corrected chi connectivity index (χ4v) is 2.62. The average molecular weight is 335 g/mol. The van der Waals surface area contributed by atoms with E-state index in [1.54, 1.807) is 6.07 Å². The highest BCUT2D eigenvalue weighted by Gasteiger charge is 2.15. The molecule has 3 rings (SSSR count). The Morgan fingerprint density at radius 3 is 2.28 bits per heavy atom. The number of pyridine rings is 1. The van der Waals surface area contributed by atoms with E-state index in [4.69, 9.17) is 5.73 Å². The van der Waals surface area contributed by atoms with Gasteiger partial charge in [0.1, 0.15) is 17.5 Å². The second-order valence-corrected chi connectivity index (χ2v) is 5.86. The Morgan fingerprint density at radius 2 is 1.64 bits per heavy atom. The molecule has 0 spiro atoms. The van der Waals surface area contributed by atoms with Crippen molar-refractivity contribution in [3.05, 3.63) is 70.8 Å². The van der Waals surface area contributed by atoms with Gasteiger partial charge in [-0.15, -0.1) is 0 Å². The van der Waals surface area contributed by atoms with Crippen molar-refractivity contribution < 1.29 is 8.78 Å². The maximum absolute atomic E-state index is 13.6. The van der Waals surface area contributed by atoms with Crippen LogP contribution in [-0.4, -0.2) is 4.98 Å². The molecule has 5 heteroatoms. The van der Waals surface area contributed by atoms with E-state index < -0.39 is 11.6 Å². The number of anilines is 1. The molecule has 0 aliphatic rings. The van der Waals surface area contributed by atoms with Crippen molar-refractivity contribution in [2.45, 2.75) is 13.8 Å². The lowest BCUT2D eigenvalue weighted by atomic mass is 9.97. The van der Waals surface area contributed by atoms with Crippen molar-refractivity contribution >= 4 is 5.82 Å². The number of aromatic nitrogens is 1. The summed E-state index contributed by atoms with van der Waals surface area (Å²) in [5.41, 5.74) is 10.5.